The monoisotopic (exact) mass is 380 g/mol. The molecule has 0 bridgehead atoms. The Balaban J connectivity index is 2.11. The van der Waals surface area contributed by atoms with E-state index in [1.807, 2.05) is 6.92 Å². The van der Waals surface area contributed by atoms with Crippen LogP contribution in [-0.2, 0) is 6.18 Å². The second kappa shape index (κ2) is 8.08. The minimum absolute atomic E-state index is 0.00467. The molecule has 1 unspecified atom stereocenters. The maximum absolute atomic E-state index is 12.6. The highest BCUT2D eigenvalue weighted by molar-refractivity contribution is 7.80. The molecule has 0 saturated carbocycles. The third-order valence-corrected chi connectivity index (χ3v) is 4.40. The van der Waals surface area contributed by atoms with Gasteiger partial charge in [0.2, 0.25) is 0 Å². The van der Waals surface area contributed by atoms with Crippen LogP contribution in [0.2, 0.25) is 0 Å². The van der Waals surface area contributed by atoms with Crippen LogP contribution in [0, 0.1) is 19.8 Å². The van der Waals surface area contributed by atoms with Crippen LogP contribution < -0.4 is 10.6 Å². The molecule has 0 saturated heterocycles. The maximum Gasteiger partial charge on any atom is 0.416 e. The van der Waals surface area contributed by atoms with Crippen LogP contribution in [-0.4, -0.2) is 5.11 Å². The van der Waals surface area contributed by atoms with Gasteiger partial charge in [-0.05, 0) is 67.4 Å². The first-order chi connectivity index (χ1) is 12.1. The molecule has 2 N–H and O–H groups in total. The number of hydrogen-bond donors (Lipinski definition) is 2. The summed E-state index contributed by atoms with van der Waals surface area (Å²) in [4.78, 5) is 0. The van der Waals surface area contributed by atoms with E-state index in [0.29, 0.717) is 10.8 Å². The van der Waals surface area contributed by atoms with Crippen molar-refractivity contribution in [2.75, 3.05) is 5.32 Å². The van der Waals surface area contributed by atoms with Gasteiger partial charge in [0.15, 0.2) is 5.11 Å². The topological polar surface area (TPSA) is 24.1 Å². The van der Waals surface area contributed by atoms with E-state index in [1.54, 1.807) is 0 Å². The molecular weight excluding hydrogens is 357 g/mol. The van der Waals surface area contributed by atoms with Crippen molar-refractivity contribution in [2.24, 2.45) is 5.92 Å². The SMILES string of the molecule is Cc1ccc(C(NC(=S)Nc2ccc(C(F)(F)F)cc2)C(C)C)c(C)c1. The Bertz CT molecular complexity index is 768. The average molecular weight is 380 g/mol. The van der Waals surface area contributed by atoms with Gasteiger partial charge in [0.1, 0.15) is 0 Å². The summed E-state index contributed by atoms with van der Waals surface area (Å²) in [5, 5.41) is 6.62. The first-order valence-electron chi connectivity index (χ1n) is 8.40. The molecule has 2 nitrogen and oxygen atoms in total. The summed E-state index contributed by atoms with van der Waals surface area (Å²) in [6, 6.07) is 11.1. The van der Waals surface area contributed by atoms with Crippen molar-refractivity contribution in [1.82, 2.24) is 5.32 Å². The summed E-state index contributed by atoms with van der Waals surface area (Å²) in [6.45, 7) is 8.30. The van der Waals surface area contributed by atoms with Crippen molar-refractivity contribution < 1.29 is 13.2 Å². The van der Waals surface area contributed by atoms with Crippen molar-refractivity contribution >= 4 is 23.0 Å². The second-order valence-corrected chi connectivity index (χ2v) is 7.16. The van der Waals surface area contributed by atoms with Crippen LogP contribution in [0.4, 0.5) is 18.9 Å². The van der Waals surface area contributed by atoms with Gasteiger partial charge >= 0.3 is 6.18 Å². The number of thiocarbonyl (C=S) groups is 1. The van der Waals surface area contributed by atoms with Crippen molar-refractivity contribution in [2.45, 2.75) is 39.9 Å². The Labute approximate surface area is 157 Å². The molecule has 0 amide bonds. The van der Waals surface area contributed by atoms with Crippen molar-refractivity contribution in [3.63, 3.8) is 0 Å². The molecule has 2 rings (SSSR count). The number of rotatable bonds is 4. The quantitative estimate of drug-likeness (QED) is 0.636. The summed E-state index contributed by atoms with van der Waals surface area (Å²) >= 11 is 5.36. The Morgan fingerprint density at radius 3 is 2.12 bits per heavy atom. The molecule has 2 aromatic carbocycles. The van der Waals surface area contributed by atoms with Gasteiger partial charge in [0, 0.05) is 5.69 Å². The minimum atomic E-state index is -4.34. The lowest BCUT2D eigenvalue weighted by Gasteiger charge is -2.26. The number of nitrogens with one attached hydrogen (secondary N) is 2. The van der Waals surface area contributed by atoms with Gasteiger partial charge in [-0.1, -0.05) is 37.6 Å². The molecular formula is C20H23F3N2S. The van der Waals surface area contributed by atoms with E-state index in [4.69, 9.17) is 12.2 Å². The third-order valence-electron chi connectivity index (χ3n) is 4.18. The Morgan fingerprint density at radius 2 is 1.62 bits per heavy atom. The van der Waals surface area contributed by atoms with Crippen molar-refractivity contribution in [3.05, 3.63) is 64.7 Å². The van der Waals surface area contributed by atoms with Gasteiger partial charge in [-0.25, -0.2) is 0 Å². The first-order valence-corrected chi connectivity index (χ1v) is 8.80. The molecule has 26 heavy (non-hydrogen) atoms. The van der Waals surface area contributed by atoms with Crippen molar-refractivity contribution in [3.8, 4) is 0 Å². The van der Waals surface area contributed by atoms with Gasteiger partial charge in [-0.15, -0.1) is 0 Å². The van der Waals surface area contributed by atoms with E-state index in [0.717, 1.165) is 17.7 Å². The largest absolute Gasteiger partial charge is 0.416 e. The summed E-state index contributed by atoms with van der Waals surface area (Å²) < 4.78 is 37.9. The van der Waals surface area contributed by atoms with Gasteiger partial charge in [-0.2, -0.15) is 13.2 Å². The highest BCUT2D eigenvalue weighted by Gasteiger charge is 2.30. The summed E-state index contributed by atoms with van der Waals surface area (Å²) in [5.41, 5.74) is 3.35. The normalized spacial score (nSPS) is 12.8. The molecule has 6 heteroatoms. The lowest BCUT2D eigenvalue weighted by molar-refractivity contribution is -0.137. The Morgan fingerprint density at radius 1 is 1.00 bits per heavy atom. The number of halogens is 3. The smallest absolute Gasteiger partial charge is 0.355 e. The number of hydrogen-bond acceptors (Lipinski definition) is 1. The van der Waals surface area contributed by atoms with E-state index in [1.165, 1.54) is 23.3 Å². The van der Waals surface area contributed by atoms with E-state index in [-0.39, 0.29) is 12.0 Å². The summed E-state index contributed by atoms with van der Waals surface area (Å²) in [6.07, 6.45) is -4.34. The molecule has 0 aliphatic heterocycles. The zero-order chi connectivity index (χ0) is 19.5. The molecule has 0 heterocycles. The zero-order valence-corrected chi connectivity index (χ0v) is 16.1. The molecule has 0 spiro atoms. The molecule has 0 radical (unpaired) electrons. The molecule has 0 aromatic heterocycles. The van der Waals surface area contributed by atoms with Gasteiger partial charge < -0.3 is 10.6 Å². The van der Waals surface area contributed by atoms with Gasteiger partial charge in [0.25, 0.3) is 0 Å². The average Bonchev–Trinajstić information content (AvgIpc) is 2.52. The fourth-order valence-corrected chi connectivity index (χ4v) is 3.07. The van der Waals surface area contributed by atoms with Crippen LogP contribution in [0.15, 0.2) is 42.5 Å². The maximum atomic E-state index is 12.6. The second-order valence-electron chi connectivity index (χ2n) is 6.76. The summed E-state index contributed by atoms with van der Waals surface area (Å²) in [7, 11) is 0. The van der Waals surface area contributed by atoms with E-state index in [2.05, 4.69) is 49.6 Å². The fraction of sp³-hybridized carbons (Fsp3) is 0.350. The molecule has 2 aromatic rings. The zero-order valence-electron chi connectivity index (χ0n) is 15.2. The molecule has 0 fully saturated rings. The standard InChI is InChI=1S/C20H23F3N2S/c1-12(2)18(17-10-5-13(3)11-14(17)4)25-19(26)24-16-8-6-15(7-9-16)20(21,22)23/h5-12,18H,1-4H3,(H2,24,25,26). The third kappa shape index (κ3) is 5.21. The predicted octanol–water partition coefficient (Wildman–Crippen LogP) is 6.01. The van der Waals surface area contributed by atoms with E-state index in [9.17, 15) is 13.2 Å². The molecule has 1 atom stereocenters. The lowest BCUT2D eigenvalue weighted by Crippen LogP contribution is -2.35. The number of benzene rings is 2. The van der Waals surface area contributed by atoms with Gasteiger partial charge in [-0.3, -0.25) is 0 Å². The highest BCUT2D eigenvalue weighted by atomic mass is 32.1. The lowest BCUT2D eigenvalue weighted by atomic mass is 9.92. The van der Waals surface area contributed by atoms with Crippen LogP contribution in [0.1, 0.15) is 42.1 Å². The van der Waals surface area contributed by atoms with Crippen LogP contribution in [0.3, 0.4) is 0 Å². The number of aryl methyl sites for hydroxylation is 2. The van der Waals surface area contributed by atoms with E-state index < -0.39 is 11.7 Å². The fourth-order valence-electron chi connectivity index (χ4n) is 2.83. The molecule has 140 valence electrons. The predicted molar refractivity (Wildman–Crippen MR) is 104 cm³/mol. The molecule has 0 aliphatic rings. The first kappa shape index (κ1) is 20.2. The summed E-state index contributed by atoms with van der Waals surface area (Å²) in [5.74, 6) is 0.281. The van der Waals surface area contributed by atoms with Gasteiger partial charge in [0.05, 0.1) is 11.6 Å². The van der Waals surface area contributed by atoms with E-state index >= 15 is 0 Å². The van der Waals surface area contributed by atoms with Crippen molar-refractivity contribution in [1.29, 1.82) is 0 Å². The number of alkyl halides is 3. The van der Waals surface area contributed by atoms with Crippen LogP contribution in [0.25, 0.3) is 0 Å². The molecule has 0 aliphatic carbocycles. The Kier molecular flexibility index (Phi) is 6.29. The van der Waals surface area contributed by atoms with Crippen LogP contribution >= 0.6 is 12.2 Å². The minimum Gasteiger partial charge on any atom is -0.355 e. The number of anilines is 1. The Hall–Kier alpha value is -2.08. The van der Waals surface area contributed by atoms with Crippen LogP contribution in [0.5, 0.6) is 0 Å². The highest BCUT2D eigenvalue weighted by Crippen LogP contribution is 2.30.